The Bertz CT molecular complexity index is 724. The highest BCUT2D eigenvalue weighted by Gasteiger charge is 2.19. The molecule has 1 aliphatic rings. The van der Waals surface area contributed by atoms with Crippen LogP contribution in [-0.2, 0) is 6.54 Å². The van der Waals surface area contributed by atoms with Crippen LogP contribution in [0.5, 0.6) is 11.5 Å². The highest BCUT2D eigenvalue weighted by molar-refractivity contribution is 7.80. The second-order valence-corrected chi connectivity index (χ2v) is 7.14. The Balaban J connectivity index is 1.47. The molecule has 0 atom stereocenters. The van der Waals surface area contributed by atoms with E-state index in [4.69, 9.17) is 21.7 Å². The van der Waals surface area contributed by atoms with Crippen LogP contribution in [0.4, 0.5) is 5.69 Å². The van der Waals surface area contributed by atoms with E-state index in [-0.39, 0.29) is 0 Å². The van der Waals surface area contributed by atoms with Crippen molar-refractivity contribution >= 4 is 23.0 Å². The molecule has 2 N–H and O–H groups in total. The Hall–Kier alpha value is -2.31. The van der Waals surface area contributed by atoms with E-state index in [1.807, 2.05) is 18.2 Å². The molecule has 0 unspecified atom stereocenters. The predicted molar refractivity (Wildman–Crippen MR) is 114 cm³/mol. The highest BCUT2D eigenvalue weighted by atomic mass is 32.1. The minimum atomic E-state index is 0.393. The van der Waals surface area contributed by atoms with E-state index in [0.717, 1.165) is 49.7 Å². The average Bonchev–Trinajstić information content (AvgIpc) is 2.70. The Kier molecular flexibility index (Phi) is 6.90. The van der Waals surface area contributed by atoms with Gasteiger partial charge >= 0.3 is 0 Å². The summed E-state index contributed by atoms with van der Waals surface area (Å²) in [5, 5.41) is 7.31. The molecule has 0 amide bonds. The number of likely N-dealkylation sites (tertiary alicyclic amines) is 1. The second kappa shape index (κ2) is 9.58. The Labute approximate surface area is 166 Å². The molecule has 1 aliphatic heterocycles. The lowest BCUT2D eigenvalue weighted by Crippen LogP contribution is -2.45. The number of hydrogen-bond donors (Lipinski definition) is 2. The van der Waals surface area contributed by atoms with Crippen molar-refractivity contribution in [3.63, 3.8) is 0 Å². The lowest BCUT2D eigenvalue weighted by atomic mass is 10.0. The third-order valence-corrected chi connectivity index (χ3v) is 5.00. The molecule has 0 bridgehead atoms. The molecule has 2 aromatic carbocycles. The van der Waals surface area contributed by atoms with Crippen molar-refractivity contribution < 1.29 is 9.47 Å². The fraction of sp³-hybridized carbons (Fsp3) is 0.381. The van der Waals surface area contributed by atoms with Crippen molar-refractivity contribution in [2.24, 2.45) is 0 Å². The smallest absolute Gasteiger partial charge is 0.171 e. The monoisotopic (exact) mass is 385 g/mol. The summed E-state index contributed by atoms with van der Waals surface area (Å²) in [5.74, 6) is 1.46. The first-order valence-corrected chi connectivity index (χ1v) is 9.64. The van der Waals surface area contributed by atoms with Gasteiger partial charge in [0, 0.05) is 49.6 Å². The van der Waals surface area contributed by atoms with E-state index in [9.17, 15) is 0 Å². The van der Waals surface area contributed by atoms with Crippen LogP contribution < -0.4 is 20.1 Å². The molecule has 0 aromatic heterocycles. The zero-order valence-electron chi connectivity index (χ0n) is 15.9. The topological polar surface area (TPSA) is 45.8 Å². The Morgan fingerprint density at radius 1 is 1.04 bits per heavy atom. The molecule has 0 saturated carbocycles. The van der Waals surface area contributed by atoms with Crippen LogP contribution in [0, 0.1) is 0 Å². The minimum Gasteiger partial charge on any atom is -0.497 e. The number of ether oxygens (including phenoxy) is 2. The number of hydrogen-bond acceptors (Lipinski definition) is 4. The maximum Gasteiger partial charge on any atom is 0.171 e. The third kappa shape index (κ3) is 5.84. The van der Waals surface area contributed by atoms with Gasteiger partial charge in [0.2, 0.25) is 0 Å². The Morgan fingerprint density at radius 2 is 1.67 bits per heavy atom. The van der Waals surface area contributed by atoms with Gasteiger partial charge in [0.05, 0.1) is 14.2 Å². The van der Waals surface area contributed by atoms with Gasteiger partial charge in [-0.1, -0.05) is 30.3 Å². The van der Waals surface area contributed by atoms with Crippen molar-refractivity contribution in [1.29, 1.82) is 0 Å². The molecule has 5 nitrogen and oxygen atoms in total. The predicted octanol–water partition coefficient (Wildman–Crippen LogP) is 3.65. The van der Waals surface area contributed by atoms with Crippen LogP contribution in [0.2, 0.25) is 0 Å². The van der Waals surface area contributed by atoms with Crippen molar-refractivity contribution in [2.75, 3.05) is 32.6 Å². The lowest BCUT2D eigenvalue weighted by Gasteiger charge is -2.33. The number of nitrogens with one attached hydrogen (secondary N) is 2. The molecular formula is C21H27N3O2S. The molecule has 1 heterocycles. The van der Waals surface area contributed by atoms with Crippen LogP contribution in [0.1, 0.15) is 18.4 Å². The molecule has 3 rings (SSSR count). The van der Waals surface area contributed by atoms with Crippen LogP contribution in [0.25, 0.3) is 0 Å². The summed E-state index contributed by atoms with van der Waals surface area (Å²) in [7, 11) is 3.27. The summed E-state index contributed by atoms with van der Waals surface area (Å²) in [6.07, 6.45) is 2.16. The summed E-state index contributed by atoms with van der Waals surface area (Å²) < 4.78 is 10.6. The zero-order valence-corrected chi connectivity index (χ0v) is 16.7. The SMILES string of the molecule is COc1cc(NC(=S)NC2CCN(Cc3ccccc3)CC2)cc(OC)c1. The molecule has 0 aliphatic carbocycles. The third-order valence-electron chi connectivity index (χ3n) is 4.78. The number of benzene rings is 2. The Morgan fingerprint density at radius 3 is 2.26 bits per heavy atom. The molecule has 6 heteroatoms. The van der Waals surface area contributed by atoms with Gasteiger partial charge in [-0.3, -0.25) is 4.90 Å². The van der Waals surface area contributed by atoms with Crippen LogP contribution in [0.15, 0.2) is 48.5 Å². The maximum atomic E-state index is 5.49. The summed E-state index contributed by atoms with van der Waals surface area (Å²) in [4.78, 5) is 2.50. The molecule has 27 heavy (non-hydrogen) atoms. The van der Waals surface area contributed by atoms with Crippen molar-refractivity contribution in [3.8, 4) is 11.5 Å². The van der Waals surface area contributed by atoms with Gasteiger partial charge in [-0.2, -0.15) is 0 Å². The second-order valence-electron chi connectivity index (χ2n) is 6.74. The molecule has 1 saturated heterocycles. The van der Waals surface area contributed by atoms with Crippen LogP contribution >= 0.6 is 12.2 Å². The molecule has 0 radical (unpaired) electrons. The fourth-order valence-corrected chi connectivity index (χ4v) is 3.59. The summed E-state index contributed by atoms with van der Waals surface area (Å²) in [5.41, 5.74) is 2.22. The molecule has 2 aromatic rings. The number of methoxy groups -OCH3 is 2. The number of anilines is 1. The van der Waals surface area contributed by atoms with E-state index in [2.05, 4.69) is 45.9 Å². The van der Waals surface area contributed by atoms with Crippen LogP contribution in [-0.4, -0.2) is 43.4 Å². The first kappa shape index (κ1) is 19.5. The molecule has 1 fully saturated rings. The average molecular weight is 386 g/mol. The summed E-state index contributed by atoms with van der Waals surface area (Å²) in [6.45, 7) is 3.16. The van der Waals surface area contributed by atoms with Gasteiger partial charge in [0.25, 0.3) is 0 Å². The van der Waals surface area contributed by atoms with E-state index in [1.54, 1.807) is 14.2 Å². The van der Waals surface area contributed by atoms with Gasteiger partial charge in [0.15, 0.2) is 5.11 Å². The number of nitrogens with zero attached hydrogens (tertiary/aromatic N) is 1. The summed E-state index contributed by atoms with van der Waals surface area (Å²) >= 11 is 5.49. The highest BCUT2D eigenvalue weighted by Crippen LogP contribution is 2.25. The number of rotatable bonds is 6. The summed E-state index contributed by atoms with van der Waals surface area (Å²) in [6, 6.07) is 16.7. The van der Waals surface area contributed by atoms with Gasteiger partial charge < -0.3 is 20.1 Å². The minimum absolute atomic E-state index is 0.393. The normalized spacial score (nSPS) is 15.2. The molecule has 144 valence electrons. The molecule has 0 spiro atoms. The zero-order chi connectivity index (χ0) is 19.1. The van der Waals surface area contributed by atoms with Crippen molar-refractivity contribution in [3.05, 3.63) is 54.1 Å². The van der Waals surface area contributed by atoms with E-state index in [0.29, 0.717) is 11.2 Å². The first-order valence-electron chi connectivity index (χ1n) is 9.23. The van der Waals surface area contributed by atoms with Gasteiger partial charge in [-0.05, 0) is 30.6 Å². The standard InChI is InChI=1S/C21H27N3O2S/c1-25-19-12-18(13-20(14-19)26-2)23-21(27)22-17-8-10-24(11-9-17)15-16-6-4-3-5-7-16/h3-7,12-14,17H,8-11,15H2,1-2H3,(H2,22,23,27). The van der Waals surface area contributed by atoms with Gasteiger partial charge in [0.1, 0.15) is 11.5 Å². The van der Waals surface area contributed by atoms with Gasteiger partial charge in [-0.15, -0.1) is 0 Å². The van der Waals surface area contributed by atoms with E-state index < -0.39 is 0 Å². The van der Waals surface area contributed by atoms with E-state index >= 15 is 0 Å². The van der Waals surface area contributed by atoms with Crippen molar-refractivity contribution in [1.82, 2.24) is 10.2 Å². The lowest BCUT2D eigenvalue weighted by molar-refractivity contribution is 0.199. The molecular weight excluding hydrogens is 358 g/mol. The number of thiocarbonyl (C=S) groups is 1. The number of piperidine rings is 1. The first-order chi connectivity index (χ1) is 13.2. The van der Waals surface area contributed by atoms with Crippen molar-refractivity contribution in [2.45, 2.75) is 25.4 Å². The van der Waals surface area contributed by atoms with Crippen LogP contribution in [0.3, 0.4) is 0 Å². The van der Waals surface area contributed by atoms with E-state index in [1.165, 1.54) is 5.56 Å². The van der Waals surface area contributed by atoms with Gasteiger partial charge in [-0.25, -0.2) is 0 Å². The maximum absolute atomic E-state index is 5.49. The quantitative estimate of drug-likeness (QED) is 0.740. The largest absolute Gasteiger partial charge is 0.497 e. The fourth-order valence-electron chi connectivity index (χ4n) is 3.31.